The van der Waals surface area contributed by atoms with Crippen LogP contribution in [0.3, 0.4) is 0 Å². The quantitative estimate of drug-likeness (QED) is 0.219. The first-order chi connectivity index (χ1) is 18.0. The van der Waals surface area contributed by atoms with Crippen LogP contribution in [0.4, 0.5) is 10.1 Å². The van der Waals surface area contributed by atoms with Crippen LogP contribution in [0.1, 0.15) is 13.8 Å². The van der Waals surface area contributed by atoms with Gasteiger partial charge in [0.15, 0.2) is 11.5 Å². The van der Waals surface area contributed by atoms with E-state index in [2.05, 4.69) is 30.5 Å². The molecule has 1 atom stereocenters. The van der Waals surface area contributed by atoms with Gasteiger partial charge < -0.3 is 15.4 Å². The van der Waals surface area contributed by atoms with Crippen LogP contribution in [-0.2, 0) is 0 Å². The maximum Gasteiger partial charge on any atom is 0.160 e. The molecular formula is C28H24FN7O. The van der Waals surface area contributed by atoms with Crippen LogP contribution in [0.25, 0.3) is 55.8 Å². The summed E-state index contributed by atoms with van der Waals surface area (Å²) in [6.07, 6.45) is 4.48. The molecule has 0 fully saturated rings. The van der Waals surface area contributed by atoms with Gasteiger partial charge in [0.2, 0.25) is 0 Å². The van der Waals surface area contributed by atoms with E-state index >= 15 is 0 Å². The molecule has 0 aliphatic rings. The fraction of sp³-hybridized carbons (Fsp3) is 0.143. The SMILES string of the molecule is CC(C)C(O)Nc1cncc(-c2ccc3[nH]nc(-c4nc5c(-c6cccc(F)c6)ccnc5[nH]4)c3c2)c1. The van der Waals surface area contributed by atoms with Crippen molar-refractivity contribution < 1.29 is 9.50 Å². The van der Waals surface area contributed by atoms with Crippen molar-refractivity contribution in [3.8, 4) is 33.8 Å². The molecule has 0 bridgehead atoms. The summed E-state index contributed by atoms with van der Waals surface area (Å²) in [6.45, 7) is 3.88. The first kappa shape index (κ1) is 22.8. The van der Waals surface area contributed by atoms with E-state index in [1.165, 1.54) is 12.1 Å². The van der Waals surface area contributed by atoms with Crippen molar-refractivity contribution in [1.29, 1.82) is 0 Å². The summed E-state index contributed by atoms with van der Waals surface area (Å²) < 4.78 is 13.9. The van der Waals surface area contributed by atoms with Crippen molar-refractivity contribution in [1.82, 2.24) is 30.1 Å². The summed E-state index contributed by atoms with van der Waals surface area (Å²) in [5.74, 6) is 0.313. The van der Waals surface area contributed by atoms with Gasteiger partial charge in [-0.05, 0) is 53.4 Å². The monoisotopic (exact) mass is 493 g/mol. The second-order valence-corrected chi connectivity index (χ2v) is 9.28. The Morgan fingerprint density at radius 2 is 1.86 bits per heavy atom. The van der Waals surface area contributed by atoms with Gasteiger partial charge in [-0.25, -0.2) is 14.4 Å². The lowest BCUT2D eigenvalue weighted by Crippen LogP contribution is -2.24. The molecule has 2 aromatic carbocycles. The number of nitrogens with zero attached hydrogens (tertiary/aromatic N) is 4. The third-order valence-corrected chi connectivity index (χ3v) is 6.33. The fourth-order valence-electron chi connectivity index (χ4n) is 4.30. The first-order valence-corrected chi connectivity index (χ1v) is 12.0. The number of pyridine rings is 2. The Labute approximate surface area is 211 Å². The number of hydrogen-bond donors (Lipinski definition) is 4. The second kappa shape index (κ2) is 9.11. The lowest BCUT2D eigenvalue weighted by atomic mass is 10.0. The van der Waals surface area contributed by atoms with Crippen LogP contribution < -0.4 is 5.32 Å². The third kappa shape index (κ3) is 4.30. The van der Waals surface area contributed by atoms with Crippen LogP contribution >= 0.6 is 0 Å². The first-order valence-electron chi connectivity index (χ1n) is 12.0. The number of anilines is 1. The predicted octanol–water partition coefficient (Wildman–Crippen LogP) is 5.76. The molecule has 0 spiro atoms. The molecule has 0 aliphatic carbocycles. The molecule has 6 aromatic rings. The number of fused-ring (bicyclic) bond motifs is 2. The third-order valence-electron chi connectivity index (χ3n) is 6.33. The normalized spacial score (nSPS) is 12.5. The number of halogens is 1. The molecule has 4 heterocycles. The number of nitrogens with one attached hydrogen (secondary N) is 3. The average molecular weight is 494 g/mol. The molecule has 37 heavy (non-hydrogen) atoms. The smallest absolute Gasteiger partial charge is 0.160 e. The minimum absolute atomic E-state index is 0.0632. The molecule has 1 unspecified atom stereocenters. The number of H-pyrrole nitrogens is 2. The zero-order chi connectivity index (χ0) is 25.5. The van der Waals surface area contributed by atoms with Crippen LogP contribution in [0, 0.1) is 11.7 Å². The van der Waals surface area contributed by atoms with Gasteiger partial charge in [0.1, 0.15) is 23.3 Å². The van der Waals surface area contributed by atoms with E-state index in [1.807, 2.05) is 50.2 Å². The molecule has 4 N–H and O–H groups in total. The summed E-state index contributed by atoms with van der Waals surface area (Å²) in [6, 6.07) is 16.2. The molecule has 4 aromatic heterocycles. The number of aromatic amines is 2. The minimum atomic E-state index is -0.668. The van der Waals surface area contributed by atoms with E-state index in [-0.39, 0.29) is 11.7 Å². The average Bonchev–Trinajstić information content (AvgIpc) is 3.52. The molecule has 0 saturated heterocycles. The van der Waals surface area contributed by atoms with Gasteiger partial charge in [-0.2, -0.15) is 5.10 Å². The summed E-state index contributed by atoms with van der Waals surface area (Å²) in [4.78, 5) is 16.8. The minimum Gasteiger partial charge on any atom is -0.374 e. The lowest BCUT2D eigenvalue weighted by molar-refractivity contribution is 0.153. The second-order valence-electron chi connectivity index (χ2n) is 9.28. The van der Waals surface area contributed by atoms with E-state index in [0.717, 1.165) is 38.8 Å². The van der Waals surface area contributed by atoms with E-state index < -0.39 is 6.23 Å². The van der Waals surface area contributed by atoms with Crippen molar-refractivity contribution in [2.45, 2.75) is 20.1 Å². The highest BCUT2D eigenvalue weighted by Gasteiger charge is 2.17. The van der Waals surface area contributed by atoms with E-state index in [4.69, 9.17) is 4.98 Å². The molecule has 0 radical (unpaired) electrons. The van der Waals surface area contributed by atoms with E-state index in [0.29, 0.717) is 22.7 Å². The lowest BCUT2D eigenvalue weighted by Gasteiger charge is -2.17. The van der Waals surface area contributed by atoms with Crippen molar-refractivity contribution in [2.24, 2.45) is 5.92 Å². The van der Waals surface area contributed by atoms with Crippen LogP contribution in [-0.4, -0.2) is 41.5 Å². The van der Waals surface area contributed by atoms with Gasteiger partial charge in [-0.3, -0.25) is 10.1 Å². The Balaban J connectivity index is 1.41. The molecule has 0 saturated carbocycles. The number of hydrogen-bond acceptors (Lipinski definition) is 6. The largest absolute Gasteiger partial charge is 0.374 e. The number of rotatable bonds is 6. The number of aromatic nitrogens is 6. The summed E-state index contributed by atoms with van der Waals surface area (Å²) in [7, 11) is 0. The van der Waals surface area contributed by atoms with Gasteiger partial charge in [0.05, 0.1) is 17.4 Å². The van der Waals surface area contributed by atoms with Crippen molar-refractivity contribution >= 4 is 27.8 Å². The zero-order valence-corrected chi connectivity index (χ0v) is 20.2. The summed E-state index contributed by atoms with van der Waals surface area (Å²) in [5, 5.41) is 21.8. The maximum atomic E-state index is 13.9. The highest BCUT2D eigenvalue weighted by molar-refractivity contribution is 5.97. The summed E-state index contributed by atoms with van der Waals surface area (Å²) >= 11 is 0. The van der Waals surface area contributed by atoms with Crippen molar-refractivity contribution in [3.63, 3.8) is 0 Å². The number of imidazole rings is 1. The molecule has 0 aliphatic heterocycles. The number of aliphatic hydroxyl groups is 1. The van der Waals surface area contributed by atoms with Gasteiger partial charge in [0, 0.05) is 28.9 Å². The van der Waals surface area contributed by atoms with Gasteiger partial charge in [0.25, 0.3) is 0 Å². The van der Waals surface area contributed by atoms with Gasteiger partial charge in [-0.15, -0.1) is 0 Å². The molecule has 6 rings (SSSR count). The Morgan fingerprint density at radius 1 is 0.973 bits per heavy atom. The highest BCUT2D eigenvalue weighted by atomic mass is 19.1. The van der Waals surface area contributed by atoms with Gasteiger partial charge in [-0.1, -0.05) is 32.0 Å². The molecular weight excluding hydrogens is 469 g/mol. The van der Waals surface area contributed by atoms with Gasteiger partial charge >= 0.3 is 0 Å². The van der Waals surface area contributed by atoms with Crippen LogP contribution in [0.5, 0.6) is 0 Å². The Morgan fingerprint density at radius 3 is 2.70 bits per heavy atom. The maximum absolute atomic E-state index is 13.9. The fourth-order valence-corrected chi connectivity index (χ4v) is 4.30. The molecule has 0 amide bonds. The Kier molecular flexibility index (Phi) is 5.61. The van der Waals surface area contributed by atoms with Crippen molar-refractivity contribution in [2.75, 3.05) is 5.32 Å². The number of benzene rings is 2. The highest BCUT2D eigenvalue weighted by Crippen LogP contribution is 2.33. The Hall–Kier alpha value is -4.63. The number of aliphatic hydroxyl groups excluding tert-OH is 1. The topological polar surface area (TPSA) is 115 Å². The predicted molar refractivity (Wildman–Crippen MR) is 142 cm³/mol. The van der Waals surface area contributed by atoms with Crippen molar-refractivity contribution in [3.05, 3.63) is 79.0 Å². The van der Waals surface area contributed by atoms with Crippen LogP contribution in [0.2, 0.25) is 0 Å². The van der Waals surface area contributed by atoms with E-state index in [9.17, 15) is 9.50 Å². The summed E-state index contributed by atoms with van der Waals surface area (Å²) in [5.41, 5.74) is 6.83. The molecule has 8 nitrogen and oxygen atoms in total. The van der Waals surface area contributed by atoms with E-state index in [1.54, 1.807) is 24.7 Å². The zero-order valence-electron chi connectivity index (χ0n) is 20.2. The molecule has 9 heteroatoms. The molecule has 184 valence electrons. The Bertz CT molecular complexity index is 1740. The standard InChI is InChI=1S/C28H24FN7O/c1-15(2)28(37)32-20-11-18(13-30-14-20)16-6-7-23-22(12-16)25(36-35-23)27-33-24-21(8-9-31-26(24)34-27)17-4-3-5-19(29)10-17/h3-15,28,32,37H,1-2H3,(H,35,36)(H,31,33,34). The van der Waals surface area contributed by atoms with Crippen LogP contribution in [0.15, 0.2) is 73.2 Å².